The lowest BCUT2D eigenvalue weighted by atomic mass is 9.89. The van der Waals surface area contributed by atoms with Crippen molar-refractivity contribution in [3.63, 3.8) is 0 Å². The molecular weight excluding hydrogens is 388 g/mol. The number of benzene rings is 1. The first-order valence-electron chi connectivity index (χ1n) is 8.68. The number of anilines is 1. The summed E-state index contributed by atoms with van der Waals surface area (Å²) < 4.78 is 32.8. The highest BCUT2D eigenvalue weighted by Gasteiger charge is 2.28. The fourth-order valence-corrected chi connectivity index (χ4v) is 4.16. The Kier molecular flexibility index (Phi) is 7.52. The van der Waals surface area contributed by atoms with Crippen LogP contribution in [0.4, 0.5) is 5.69 Å². The van der Waals surface area contributed by atoms with Crippen LogP contribution in [0.3, 0.4) is 0 Å². The lowest BCUT2D eigenvalue weighted by Crippen LogP contribution is -2.41. The maximum atomic E-state index is 12.7. The van der Waals surface area contributed by atoms with Crippen LogP contribution >= 0.6 is 0 Å². The molecule has 1 aromatic carbocycles. The van der Waals surface area contributed by atoms with Gasteiger partial charge >= 0.3 is 5.97 Å². The molecule has 0 bridgehead atoms. The molecule has 1 aliphatic carbocycles. The predicted octanol–water partition coefficient (Wildman–Crippen LogP) is 1.06. The molecule has 28 heavy (non-hydrogen) atoms. The van der Waals surface area contributed by atoms with Gasteiger partial charge in [-0.3, -0.25) is 15.0 Å². The van der Waals surface area contributed by atoms with Crippen molar-refractivity contribution in [3.8, 4) is 0 Å². The molecule has 1 unspecified atom stereocenters. The van der Waals surface area contributed by atoms with Crippen LogP contribution in [0.2, 0.25) is 0 Å². The Morgan fingerprint density at radius 2 is 2.29 bits per heavy atom. The molecule has 1 saturated carbocycles. The Bertz CT molecular complexity index is 866. The number of ether oxygens (including phenoxy) is 1. The van der Waals surface area contributed by atoms with Crippen molar-refractivity contribution in [1.29, 1.82) is 0 Å². The summed E-state index contributed by atoms with van der Waals surface area (Å²) in [5.74, 6) is -0.475. The zero-order chi connectivity index (χ0) is 20.7. The summed E-state index contributed by atoms with van der Waals surface area (Å²) in [6.07, 6.45) is 2.98. The Hall–Kier alpha value is -2.47. The second-order valence-electron chi connectivity index (χ2n) is 6.03. The van der Waals surface area contributed by atoms with Gasteiger partial charge in [0.05, 0.1) is 23.2 Å². The first kappa shape index (κ1) is 21.8. The predicted molar refractivity (Wildman–Crippen MR) is 103 cm³/mol. The second-order valence-corrected chi connectivity index (χ2v) is 7.74. The van der Waals surface area contributed by atoms with E-state index in [-0.39, 0.29) is 23.7 Å². The van der Waals surface area contributed by atoms with Gasteiger partial charge in [-0.25, -0.2) is 13.1 Å². The Morgan fingerprint density at radius 3 is 2.93 bits per heavy atom. The highest BCUT2D eigenvalue weighted by Crippen LogP contribution is 2.24. The first-order chi connectivity index (χ1) is 13.3. The van der Waals surface area contributed by atoms with Gasteiger partial charge in [0.1, 0.15) is 6.54 Å². The first-order valence-corrected chi connectivity index (χ1v) is 10.2. The number of hydrogen-bond acceptors (Lipinski definition) is 9. The highest BCUT2D eigenvalue weighted by atomic mass is 32.2. The molecule has 0 heterocycles. The van der Waals surface area contributed by atoms with E-state index < -0.39 is 27.3 Å². The number of nitrogens with two attached hydrogens (primary N) is 1. The third-order valence-corrected chi connectivity index (χ3v) is 5.61. The summed E-state index contributed by atoms with van der Waals surface area (Å²) in [6, 6.07) is 4.35. The van der Waals surface area contributed by atoms with Gasteiger partial charge < -0.3 is 20.9 Å². The molecule has 0 amide bonds. The van der Waals surface area contributed by atoms with Crippen molar-refractivity contribution in [2.75, 3.05) is 18.4 Å². The van der Waals surface area contributed by atoms with E-state index >= 15 is 0 Å². The summed E-state index contributed by atoms with van der Waals surface area (Å²) in [6.45, 7) is 1.77. The molecule has 154 valence electrons. The Balaban J connectivity index is 2.21. The normalized spacial score (nSPS) is 20.3. The largest absolute Gasteiger partial charge is 0.733 e. The van der Waals surface area contributed by atoms with Crippen molar-refractivity contribution in [1.82, 2.24) is 4.72 Å². The fraction of sp³-hybridized carbons (Fsp3) is 0.412. The molecule has 1 aromatic rings. The van der Waals surface area contributed by atoms with Crippen molar-refractivity contribution in [3.05, 3.63) is 41.2 Å². The summed E-state index contributed by atoms with van der Waals surface area (Å²) >= 11 is 0. The zero-order valence-corrected chi connectivity index (χ0v) is 16.2. The van der Waals surface area contributed by atoms with E-state index in [0.29, 0.717) is 30.5 Å². The van der Waals surface area contributed by atoms with Crippen molar-refractivity contribution in [2.24, 2.45) is 10.7 Å². The van der Waals surface area contributed by atoms with Gasteiger partial charge in [-0.1, -0.05) is 6.07 Å². The number of rotatable bonds is 7. The van der Waals surface area contributed by atoms with Gasteiger partial charge in [0.2, 0.25) is 10.0 Å². The molecule has 0 aromatic heterocycles. The van der Waals surface area contributed by atoms with E-state index in [1.807, 2.05) is 0 Å². The number of nitrogens with one attached hydrogen (secondary N) is 1. The van der Waals surface area contributed by atoms with Crippen LogP contribution in [0.25, 0.3) is 0 Å². The van der Waals surface area contributed by atoms with E-state index in [1.165, 1.54) is 24.4 Å². The summed E-state index contributed by atoms with van der Waals surface area (Å²) in [5.41, 5.74) is 6.52. The van der Waals surface area contributed by atoms with Gasteiger partial charge in [0, 0.05) is 17.5 Å². The lowest BCUT2D eigenvalue weighted by Gasteiger charge is -2.27. The number of sulfonamides is 1. The number of hydrogen-bond donors (Lipinski definition) is 3. The molecular formula is C17H23N4O6S-. The van der Waals surface area contributed by atoms with E-state index in [4.69, 9.17) is 15.7 Å². The number of nitrogens with zero attached hydrogens (tertiary/aromatic N) is 2. The molecule has 4 N–H and O–H groups in total. The average molecular weight is 411 g/mol. The van der Waals surface area contributed by atoms with E-state index in [0.717, 1.165) is 6.07 Å². The lowest BCUT2D eigenvalue weighted by molar-refractivity contribution is -0.141. The van der Waals surface area contributed by atoms with Crippen LogP contribution in [0, 0.1) is 5.21 Å². The SMILES string of the molecule is CCOC(=O)CN=C1CCCC(NS(=O)(=O)c2cccc(N([O-])O)c2)C1=CN. The molecule has 1 fully saturated rings. The molecule has 11 heteroatoms. The minimum absolute atomic E-state index is 0.169. The Labute approximate surface area is 163 Å². The number of aliphatic imine (C=N–C) groups is 1. The quantitative estimate of drug-likeness (QED) is 0.444. The maximum Gasteiger partial charge on any atom is 0.327 e. The van der Waals surface area contributed by atoms with Gasteiger partial charge in [-0.15, -0.1) is 0 Å². The van der Waals surface area contributed by atoms with Gasteiger partial charge in [-0.2, -0.15) is 0 Å². The molecule has 2 rings (SSSR count). The van der Waals surface area contributed by atoms with E-state index in [1.54, 1.807) is 6.92 Å². The zero-order valence-electron chi connectivity index (χ0n) is 15.4. The maximum absolute atomic E-state index is 12.7. The summed E-state index contributed by atoms with van der Waals surface area (Å²) in [7, 11) is -3.99. The summed E-state index contributed by atoms with van der Waals surface area (Å²) in [4.78, 5) is 15.6. The van der Waals surface area contributed by atoms with Crippen molar-refractivity contribution >= 4 is 27.4 Å². The average Bonchev–Trinajstić information content (AvgIpc) is 2.66. The molecule has 10 nitrogen and oxygen atoms in total. The van der Waals surface area contributed by atoms with E-state index in [9.17, 15) is 18.4 Å². The third-order valence-electron chi connectivity index (χ3n) is 4.15. The number of esters is 1. The molecule has 1 aliphatic rings. The van der Waals surface area contributed by atoms with Crippen LogP contribution in [-0.2, 0) is 19.6 Å². The molecule has 0 aliphatic heterocycles. The van der Waals surface area contributed by atoms with Crippen LogP contribution in [-0.4, -0.2) is 44.5 Å². The van der Waals surface area contributed by atoms with Gasteiger partial charge in [0.15, 0.2) is 0 Å². The summed E-state index contributed by atoms with van der Waals surface area (Å²) in [5, 5.41) is 19.6. The van der Waals surface area contributed by atoms with Crippen LogP contribution < -0.4 is 15.7 Å². The Morgan fingerprint density at radius 1 is 1.54 bits per heavy atom. The topological polar surface area (TPSA) is 157 Å². The number of carbonyl (C=O) groups is 1. The molecule has 0 saturated heterocycles. The van der Waals surface area contributed by atoms with Crippen molar-refractivity contribution in [2.45, 2.75) is 37.1 Å². The number of carbonyl (C=O) groups excluding carboxylic acids is 1. The smallest absolute Gasteiger partial charge is 0.327 e. The minimum atomic E-state index is -3.99. The standard InChI is InChI=1S/C17H23N4O6S/c1-2-27-17(22)11-19-15-7-4-8-16(14(15)10-18)20-28(25,26)13-6-3-5-12(9-13)21(23)24/h3,5-6,9-10,16,20,23H,2,4,7-8,11,18H2,1H3/q-1. The van der Waals surface area contributed by atoms with Gasteiger partial charge in [-0.05, 0) is 44.4 Å². The minimum Gasteiger partial charge on any atom is -0.733 e. The fourth-order valence-electron chi connectivity index (χ4n) is 2.87. The van der Waals surface area contributed by atoms with Crippen LogP contribution in [0.5, 0.6) is 0 Å². The molecule has 1 atom stereocenters. The van der Waals surface area contributed by atoms with Crippen LogP contribution in [0.1, 0.15) is 26.2 Å². The van der Waals surface area contributed by atoms with E-state index in [2.05, 4.69) is 9.71 Å². The third kappa shape index (κ3) is 5.52. The molecule has 0 radical (unpaired) electrons. The highest BCUT2D eigenvalue weighted by molar-refractivity contribution is 7.89. The second kappa shape index (κ2) is 9.64. The van der Waals surface area contributed by atoms with Crippen LogP contribution in [0.15, 0.2) is 45.9 Å². The van der Waals surface area contributed by atoms with Crippen molar-refractivity contribution < 1.29 is 23.2 Å². The van der Waals surface area contributed by atoms with Gasteiger partial charge in [0.25, 0.3) is 0 Å². The monoisotopic (exact) mass is 411 g/mol. The molecule has 0 spiro atoms.